The Morgan fingerprint density at radius 2 is 2.12 bits per heavy atom. The standard InChI is InChI=1S/C13H21N3O/c1-10-7-9-16(11-4-2-3-5-11)13(17)12(15-10)6-8-14/h10-12,15H,2-7,9H2,1H3. The van der Waals surface area contributed by atoms with Crippen LogP contribution in [0.25, 0.3) is 0 Å². The van der Waals surface area contributed by atoms with Crippen LogP contribution in [-0.2, 0) is 4.79 Å². The van der Waals surface area contributed by atoms with Gasteiger partial charge >= 0.3 is 0 Å². The van der Waals surface area contributed by atoms with Crippen molar-refractivity contribution in [2.24, 2.45) is 0 Å². The van der Waals surface area contributed by atoms with Gasteiger partial charge in [-0.2, -0.15) is 5.26 Å². The van der Waals surface area contributed by atoms with Crippen molar-refractivity contribution >= 4 is 5.91 Å². The summed E-state index contributed by atoms with van der Waals surface area (Å²) in [6.07, 6.45) is 6.02. The number of rotatable bonds is 2. The van der Waals surface area contributed by atoms with Gasteiger partial charge < -0.3 is 10.2 Å². The van der Waals surface area contributed by atoms with Crippen LogP contribution in [0.4, 0.5) is 0 Å². The van der Waals surface area contributed by atoms with E-state index in [0.29, 0.717) is 12.1 Å². The van der Waals surface area contributed by atoms with Crippen LogP contribution in [0.1, 0.15) is 45.4 Å². The molecular weight excluding hydrogens is 214 g/mol. The Hall–Kier alpha value is -1.08. The highest BCUT2D eigenvalue weighted by Crippen LogP contribution is 2.25. The molecule has 0 aromatic heterocycles. The number of hydrogen-bond donors (Lipinski definition) is 1. The topological polar surface area (TPSA) is 56.1 Å². The molecule has 0 spiro atoms. The first-order chi connectivity index (χ1) is 8.22. The Kier molecular flexibility index (Phi) is 4.01. The van der Waals surface area contributed by atoms with Crippen LogP contribution in [0.2, 0.25) is 0 Å². The van der Waals surface area contributed by atoms with Gasteiger partial charge in [0, 0.05) is 18.6 Å². The fourth-order valence-corrected chi connectivity index (χ4v) is 2.96. The van der Waals surface area contributed by atoms with Gasteiger partial charge in [-0.25, -0.2) is 0 Å². The lowest BCUT2D eigenvalue weighted by Gasteiger charge is -2.29. The number of nitrogens with one attached hydrogen (secondary N) is 1. The highest BCUT2D eigenvalue weighted by Gasteiger charge is 2.34. The minimum absolute atomic E-state index is 0.141. The van der Waals surface area contributed by atoms with E-state index in [9.17, 15) is 4.79 Å². The van der Waals surface area contributed by atoms with E-state index in [2.05, 4.69) is 18.3 Å². The SMILES string of the molecule is CC1CCN(C2CCCC2)C(=O)C(CC#N)N1. The molecule has 2 aliphatic rings. The smallest absolute Gasteiger partial charge is 0.241 e. The van der Waals surface area contributed by atoms with Crippen LogP contribution in [0.15, 0.2) is 0 Å². The summed E-state index contributed by atoms with van der Waals surface area (Å²) in [7, 11) is 0. The Labute approximate surface area is 103 Å². The summed E-state index contributed by atoms with van der Waals surface area (Å²) in [5.41, 5.74) is 0. The Balaban J connectivity index is 2.09. The van der Waals surface area contributed by atoms with E-state index in [1.54, 1.807) is 0 Å². The van der Waals surface area contributed by atoms with E-state index >= 15 is 0 Å². The second-order valence-electron chi connectivity index (χ2n) is 5.24. The third-order valence-electron chi connectivity index (χ3n) is 3.93. The lowest BCUT2D eigenvalue weighted by atomic mass is 10.1. The van der Waals surface area contributed by atoms with Gasteiger partial charge in [0.1, 0.15) is 6.04 Å². The van der Waals surface area contributed by atoms with Crippen molar-refractivity contribution in [3.63, 3.8) is 0 Å². The number of amides is 1. The van der Waals surface area contributed by atoms with Crippen molar-refractivity contribution in [3.8, 4) is 6.07 Å². The van der Waals surface area contributed by atoms with E-state index < -0.39 is 0 Å². The molecule has 2 fully saturated rings. The van der Waals surface area contributed by atoms with Gasteiger partial charge in [0.2, 0.25) is 5.91 Å². The molecule has 0 aromatic rings. The summed E-state index contributed by atoms with van der Waals surface area (Å²) < 4.78 is 0. The van der Waals surface area contributed by atoms with Crippen molar-refractivity contribution in [2.75, 3.05) is 6.54 Å². The van der Waals surface area contributed by atoms with Crippen molar-refractivity contribution in [3.05, 3.63) is 0 Å². The minimum atomic E-state index is -0.293. The van der Waals surface area contributed by atoms with E-state index in [0.717, 1.165) is 25.8 Å². The zero-order valence-electron chi connectivity index (χ0n) is 10.5. The Morgan fingerprint density at radius 1 is 1.41 bits per heavy atom. The summed E-state index contributed by atoms with van der Waals surface area (Å²) in [4.78, 5) is 14.4. The lowest BCUT2D eigenvalue weighted by Crippen LogP contribution is -2.47. The normalized spacial score (nSPS) is 31.3. The van der Waals surface area contributed by atoms with E-state index in [1.165, 1.54) is 12.8 Å². The minimum Gasteiger partial charge on any atom is -0.338 e. The molecule has 4 heteroatoms. The number of carbonyl (C=O) groups is 1. The molecule has 1 N–H and O–H groups in total. The van der Waals surface area contributed by atoms with Gasteiger partial charge in [-0.05, 0) is 26.2 Å². The second kappa shape index (κ2) is 5.50. The van der Waals surface area contributed by atoms with Crippen molar-refractivity contribution < 1.29 is 4.79 Å². The molecule has 94 valence electrons. The summed E-state index contributed by atoms with van der Waals surface area (Å²) in [5, 5.41) is 12.1. The molecule has 0 bridgehead atoms. The molecule has 4 nitrogen and oxygen atoms in total. The Morgan fingerprint density at radius 3 is 2.76 bits per heavy atom. The lowest BCUT2D eigenvalue weighted by molar-refractivity contribution is -0.134. The average Bonchev–Trinajstić information content (AvgIpc) is 2.78. The molecule has 0 radical (unpaired) electrons. The first kappa shape index (κ1) is 12.4. The first-order valence-corrected chi connectivity index (χ1v) is 6.66. The van der Waals surface area contributed by atoms with Crippen LogP contribution in [-0.4, -0.2) is 35.5 Å². The molecule has 2 rings (SSSR count). The number of nitrogens with zero attached hydrogens (tertiary/aromatic N) is 2. The van der Waals surface area contributed by atoms with Crippen molar-refractivity contribution in [2.45, 2.75) is 63.6 Å². The van der Waals surface area contributed by atoms with Crippen molar-refractivity contribution in [1.29, 1.82) is 5.26 Å². The summed E-state index contributed by atoms with van der Waals surface area (Å²) in [6, 6.07) is 2.57. The van der Waals surface area contributed by atoms with E-state index in [-0.39, 0.29) is 18.4 Å². The molecule has 2 atom stereocenters. The van der Waals surface area contributed by atoms with Gasteiger partial charge in [-0.1, -0.05) is 12.8 Å². The molecule has 2 unspecified atom stereocenters. The fourth-order valence-electron chi connectivity index (χ4n) is 2.96. The molecule has 1 saturated carbocycles. The summed E-state index contributed by atoms with van der Waals surface area (Å²) in [6.45, 7) is 2.94. The predicted octanol–water partition coefficient (Wildman–Crippen LogP) is 1.42. The predicted molar refractivity (Wildman–Crippen MR) is 65.2 cm³/mol. The maximum atomic E-state index is 12.4. The zero-order valence-corrected chi connectivity index (χ0v) is 10.5. The van der Waals surface area contributed by atoms with Crippen LogP contribution < -0.4 is 5.32 Å². The second-order valence-corrected chi connectivity index (χ2v) is 5.24. The zero-order chi connectivity index (χ0) is 12.3. The maximum absolute atomic E-state index is 12.4. The summed E-state index contributed by atoms with van der Waals surface area (Å²) >= 11 is 0. The van der Waals surface area contributed by atoms with Crippen molar-refractivity contribution in [1.82, 2.24) is 10.2 Å². The average molecular weight is 235 g/mol. The third-order valence-corrected chi connectivity index (χ3v) is 3.93. The van der Waals surface area contributed by atoms with Gasteiger partial charge in [-0.3, -0.25) is 4.79 Å². The first-order valence-electron chi connectivity index (χ1n) is 6.66. The fraction of sp³-hybridized carbons (Fsp3) is 0.846. The van der Waals surface area contributed by atoms with E-state index in [1.807, 2.05) is 4.90 Å². The molecule has 1 aliphatic heterocycles. The quantitative estimate of drug-likeness (QED) is 0.787. The molecular formula is C13H21N3O. The molecule has 17 heavy (non-hydrogen) atoms. The third kappa shape index (κ3) is 2.78. The van der Waals surface area contributed by atoms with Crippen LogP contribution in [0.5, 0.6) is 0 Å². The molecule has 0 aromatic carbocycles. The monoisotopic (exact) mass is 235 g/mol. The maximum Gasteiger partial charge on any atom is 0.241 e. The van der Waals surface area contributed by atoms with Crippen LogP contribution in [0, 0.1) is 11.3 Å². The number of nitriles is 1. The highest BCUT2D eigenvalue weighted by atomic mass is 16.2. The van der Waals surface area contributed by atoms with Gasteiger partial charge in [0.15, 0.2) is 0 Å². The summed E-state index contributed by atoms with van der Waals surface area (Å²) in [5.74, 6) is 0.141. The molecule has 1 saturated heterocycles. The van der Waals surface area contributed by atoms with E-state index in [4.69, 9.17) is 5.26 Å². The van der Waals surface area contributed by atoms with Gasteiger partial charge in [0.05, 0.1) is 12.5 Å². The molecule has 1 heterocycles. The van der Waals surface area contributed by atoms with Crippen LogP contribution in [0.3, 0.4) is 0 Å². The van der Waals surface area contributed by atoms with Gasteiger partial charge in [0.25, 0.3) is 0 Å². The molecule has 1 amide bonds. The Bertz CT molecular complexity index is 317. The highest BCUT2D eigenvalue weighted by molar-refractivity contribution is 5.82. The van der Waals surface area contributed by atoms with Crippen LogP contribution >= 0.6 is 0 Å². The van der Waals surface area contributed by atoms with Gasteiger partial charge in [-0.15, -0.1) is 0 Å². The largest absolute Gasteiger partial charge is 0.338 e. The molecule has 1 aliphatic carbocycles. The number of carbonyl (C=O) groups excluding carboxylic acids is 1. The number of hydrogen-bond acceptors (Lipinski definition) is 3.